The molecule has 5 heteroatoms. The van der Waals surface area contributed by atoms with E-state index in [-0.39, 0.29) is 12.5 Å². The average molecular weight is 478 g/mol. The van der Waals surface area contributed by atoms with Gasteiger partial charge in [0.25, 0.3) is 0 Å². The fourth-order valence-corrected chi connectivity index (χ4v) is 4.27. The second-order valence-corrected chi connectivity index (χ2v) is 8.60. The summed E-state index contributed by atoms with van der Waals surface area (Å²) in [6, 6.07) is 36.6. The molecular formula is C31H27NO4. The monoisotopic (exact) mass is 477 g/mol. The Labute approximate surface area is 210 Å². The number of ether oxygens (including phenoxy) is 1. The molecule has 0 bridgehead atoms. The van der Waals surface area contributed by atoms with E-state index in [4.69, 9.17) is 14.3 Å². The van der Waals surface area contributed by atoms with Gasteiger partial charge >= 0.3 is 5.97 Å². The highest BCUT2D eigenvalue weighted by molar-refractivity contribution is 5.86. The second-order valence-electron chi connectivity index (χ2n) is 8.60. The fraction of sp³-hybridized carbons (Fsp3) is 0.129. The molecule has 4 aromatic carbocycles. The van der Waals surface area contributed by atoms with Gasteiger partial charge < -0.3 is 19.6 Å². The van der Waals surface area contributed by atoms with Gasteiger partial charge in [0, 0.05) is 23.6 Å². The first-order valence-electron chi connectivity index (χ1n) is 12.0. The zero-order valence-electron chi connectivity index (χ0n) is 19.8. The maximum atomic E-state index is 10.8. The van der Waals surface area contributed by atoms with Crippen LogP contribution in [0, 0.1) is 0 Å². The summed E-state index contributed by atoms with van der Waals surface area (Å²) in [5, 5.41) is 13.5. The molecule has 0 radical (unpaired) electrons. The van der Waals surface area contributed by atoms with Crippen LogP contribution in [-0.4, -0.2) is 17.7 Å². The molecule has 0 saturated heterocycles. The lowest BCUT2D eigenvalue weighted by Crippen LogP contribution is -2.12. The van der Waals surface area contributed by atoms with E-state index in [1.807, 2.05) is 54.6 Å². The third kappa shape index (κ3) is 5.41. The number of furan rings is 1. The first-order valence-corrected chi connectivity index (χ1v) is 12.0. The topological polar surface area (TPSA) is 71.7 Å². The zero-order valence-corrected chi connectivity index (χ0v) is 19.8. The molecule has 0 saturated carbocycles. The molecule has 180 valence electrons. The molecule has 5 nitrogen and oxygen atoms in total. The first kappa shape index (κ1) is 23.2. The van der Waals surface area contributed by atoms with E-state index in [2.05, 4.69) is 59.9 Å². The number of hydrogen-bond acceptors (Lipinski definition) is 4. The molecular weight excluding hydrogens is 450 g/mol. The van der Waals surface area contributed by atoms with Crippen LogP contribution in [0.2, 0.25) is 0 Å². The molecule has 0 unspecified atom stereocenters. The summed E-state index contributed by atoms with van der Waals surface area (Å²) in [6.07, 6.45) is 0.526. The van der Waals surface area contributed by atoms with Crippen molar-refractivity contribution in [3.63, 3.8) is 0 Å². The van der Waals surface area contributed by atoms with Crippen LogP contribution in [0.15, 0.2) is 114 Å². The molecule has 2 N–H and O–H groups in total. The Kier molecular flexibility index (Phi) is 6.99. The predicted octanol–water partition coefficient (Wildman–Crippen LogP) is 7.54. The Morgan fingerprint density at radius 3 is 2.19 bits per heavy atom. The minimum Gasteiger partial charge on any atom is -0.493 e. The van der Waals surface area contributed by atoms with Crippen molar-refractivity contribution in [3.05, 3.63) is 120 Å². The van der Waals surface area contributed by atoms with E-state index in [1.54, 1.807) is 0 Å². The third-order valence-corrected chi connectivity index (χ3v) is 6.04. The largest absolute Gasteiger partial charge is 0.493 e. The highest BCUT2D eigenvalue weighted by Gasteiger charge is 2.16. The van der Waals surface area contributed by atoms with Crippen molar-refractivity contribution < 1.29 is 19.1 Å². The van der Waals surface area contributed by atoms with Gasteiger partial charge in [-0.3, -0.25) is 4.79 Å². The third-order valence-electron chi connectivity index (χ3n) is 6.04. The van der Waals surface area contributed by atoms with Gasteiger partial charge in [0.1, 0.15) is 17.1 Å². The minimum absolute atomic E-state index is 0.000731. The van der Waals surface area contributed by atoms with Crippen LogP contribution in [0.25, 0.3) is 22.3 Å². The standard InChI is InChI=1S/C31H27NO4/c33-30(34)16-9-19-35-27-15-8-7-14-26(27)29-20-24-17-18-25(21-28(24)36-29)32-31(22-10-3-1-4-11-22)23-12-5-2-6-13-23/h1-8,10-15,17-18,20-21,31-32H,9,16,19H2,(H,33,34). The van der Waals surface area contributed by atoms with E-state index in [1.165, 1.54) is 11.1 Å². The molecule has 36 heavy (non-hydrogen) atoms. The Morgan fingerprint density at radius 2 is 1.50 bits per heavy atom. The van der Waals surface area contributed by atoms with Gasteiger partial charge in [-0.15, -0.1) is 0 Å². The summed E-state index contributed by atoms with van der Waals surface area (Å²) in [4.78, 5) is 10.8. The number of fused-ring (bicyclic) bond motifs is 1. The number of hydrogen-bond donors (Lipinski definition) is 2. The minimum atomic E-state index is -0.824. The van der Waals surface area contributed by atoms with Gasteiger partial charge in [-0.05, 0) is 47.9 Å². The summed E-state index contributed by atoms with van der Waals surface area (Å²) in [5.41, 5.74) is 4.93. The summed E-state index contributed by atoms with van der Waals surface area (Å²) >= 11 is 0. The number of para-hydroxylation sites is 1. The maximum absolute atomic E-state index is 10.8. The number of carbonyl (C=O) groups is 1. The molecule has 0 aliphatic heterocycles. The van der Waals surface area contributed by atoms with Crippen LogP contribution in [0.4, 0.5) is 5.69 Å². The normalized spacial score (nSPS) is 11.0. The lowest BCUT2D eigenvalue weighted by atomic mass is 9.98. The molecule has 1 aromatic heterocycles. The number of nitrogens with one attached hydrogen (secondary N) is 1. The molecule has 5 aromatic rings. The molecule has 0 spiro atoms. The summed E-state index contributed by atoms with van der Waals surface area (Å²) < 4.78 is 12.1. The molecule has 0 atom stereocenters. The summed E-state index contributed by atoms with van der Waals surface area (Å²) in [5.74, 6) is 0.558. The van der Waals surface area contributed by atoms with Crippen molar-refractivity contribution in [2.45, 2.75) is 18.9 Å². The molecule has 0 amide bonds. The van der Waals surface area contributed by atoms with Gasteiger partial charge in [-0.25, -0.2) is 0 Å². The average Bonchev–Trinajstić information content (AvgIpc) is 3.34. The number of benzene rings is 4. The van der Waals surface area contributed by atoms with Gasteiger partial charge in [-0.1, -0.05) is 72.8 Å². The Balaban J connectivity index is 1.41. The Bertz CT molecular complexity index is 1400. The number of carboxylic acids is 1. The van der Waals surface area contributed by atoms with Gasteiger partial charge in [0.15, 0.2) is 0 Å². The summed E-state index contributed by atoms with van der Waals surface area (Å²) in [6.45, 7) is 0.331. The van der Waals surface area contributed by atoms with E-state index in [9.17, 15) is 4.79 Å². The first-order chi connectivity index (χ1) is 17.7. The molecule has 5 rings (SSSR count). The quantitative estimate of drug-likeness (QED) is 0.203. The van der Waals surface area contributed by atoms with Crippen molar-refractivity contribution >= 4 is 22.6 Å². The van der Waals surface area contributed by atoms with Crippen molar-refractivity contribution in [2.75, 3.05) is 11.9 Å². The predicted molar refractivity (Wildman–Crippen MR) is 142 cm³/mol. The highest BCUT2D eigenvalue weighted by atomic mass is 16.5. The van der Waals surface area contributed by atoms with Crippen molar-refractivity contribution in [1.82, 2.24) is 0 Å². The van der Waals surface area contributed by atoms with Crippen molar-refractivity contribution in [1.29, 1.82) is 0 Å². The molecule has 0 aliphatic carbocycles. The lowest BCUT2D eigenvalue weighted by Gasteiger charge is -2.21. The highest BCUT2D eigenvalue weighted by Crippen LogP contribution is 2.36. The molecule has 0 aliphatic rings. The van der Waals surface area contributed by atoms with Gasteiger partial charge in [0.2, 0.25) is 0 Å². The molecule has 1 heterocycles. The van der Waals surface area contributed by atoms with E-state index >= 15 is 0 Å². The van der Waals surface area contributed by atoms with Crippen LogP contribution in [-0.2, 0) is 4.79 Å². The van der Waals surface area contributed by atoms with E-state index in [0.29, 0.717) is 24.5 Å². The maximum Gasteiger partial charge on any atom is 0.303 e. The SMILES string of the molecule is O=C(O)CCCOc1ccccc1-c1cc2ccc(NC(c3ccccc3)c3ccccc3)cc2o1. The van der Waals surface area contributed by atoms with Crippen LogP contribution in [0.3, 0.4) is 0 Å². The Morgan fingerprint density at radius 1 is 0.833 bits per heavy atom. The van der Waals surface area contributed by atoms with E-state index in [0.717, 1.165) is 22.2 Å². The number of anilines is 1. The van der Waals surface area contributed by atoms with Gasteiger partial charge in [-0.2, -0.15) is 0 Å². The van der Waals surface area contributed by atoms with Gasteiger partial charge in [0.05, 0.1) is 18.2 Å². The summed E-state index contributed by atoms with van der Waals surface area (Å²) in [7, 11) is 0. The van der Waals surface area contributed by atoms with Crippen LogP contribution >= 0.6 is 0 Å². The lowest BCUT2D eigenvalue weighted by molar-refractivity contribution is -0.137. The van der Waals surface area contributed by atoms with Crippen LogP contribution < -0.4 is 10.1 Å². The number of rotatable bonds is 10. The fourth-order valence-electron chi connectivity index (χ4n) is 4.27. The van der Waals surface area contributed by atoms with E-state index < -0.39 is 5.97 Å². The number of aliphatic carboxylic acids is 1. The molecule has 0 fully saturated rings. The zero-order chi connectivity index (χ0) is 24.7. The van der Waals surface area contributed by atoms with Crippen LogP contribution in [0.5, 0.6) is 5.75 Å². The van der Waals surface area contributed by atoms with Crippen molar-refractivity contribution in [3.8, 4) is 17.1 Å². The Hall–Kier alpha value is -4.51. The van der Waals surface area contributed by atoms with Crippen LogP contribution in [0.1, 0.15) is 30.0 Å². The van der Waals surface area contributed by atoms with Crippen molar-refractivity contribution in [2.24, 2.45) is 0 Å². The smallest absolute Gasteiger partial charge is 0.303 e. The number of carboxylic acid groups (broad SMARTS) is 1. The second kappa shape index (κ2) is 10.8.